The first-order valence-electron chi connectivity index (χ1n) is 6.39. The van der Waals surface area contributed by atoms with Crippen LogP contribution in [-0.4, -0.2) is 31.6 Å². The minimum absolute atomic E-state index is 0.467. The van der Waals surface area contributed by atoms with E-state index in [0.717, 1.165) is 25.4 Å². The van der Waals surface area contributed by atoms with Gasteiger partial charge in [0, 0.05) is 31.2 Å². The predicted molar refractivity (Wildman–Crippen MR) is 74.4 cm³/mol. The Kier molecular flexibility index (Phi) is 5.89. The molecule has 0 amide bonds. The number of rotatable bonds is 7. The van der Waals surface area contributed by atoms with E-state index in [4.69, 9.17) is 4.74 Å². The lowest BCUT2D eigenvalue weighted by Gasteiger charge is -2.10. The van der Waals surface area contributed by atoms with E-state index in [9.17, 15) is 0 Å². The molecule has 0 spiro atoms. The van der Waals surface area contributed by atoms with Crippen molar-refractivity contribution in [1.82, 2.24) is 5.32 Å². The summed E-state index contributed by atoms with van der Waals surface area (Å²) in [5.41, 5.74) is 1.41. The van der Waals surface area contributed by atoms with Gasteiger partial charge in [0.05, 0.1) is 6.10 Å². The summed E-state index contributed by atoms with van der Waals surface area (Å²) >= 11 is 1.99. The van der Waals surface area contributed by atoms with Gasteiger partial charge in [0.25, 0.3) is 0 Å². The molecule has 0 aromatic heterocycles. The van der Waals surface area contributed by atoms with Gasteiger partial charge in [-0.3, -0.25) is 0 Å². The maximum Gasteiger partial charge on any atom is 0.0700 e. The molecular formula is C14H21NOS. The van der Waals surface area contributed by atoms with Crippen LogP contribution in [-0.2, 0) is 10.5 Å². The van der Waals surface area contributed by atoms with Gasteiger partial charge in [-0.2, -0.15) is 11.8 Å². The molecule has 0 radical (unpaired) electrons. The van der Waals surface area contributed by atoms with Crippen LogP contribution in [0.4, 0.5) is 0 Å². The van der Waals surface area contributed by atoms with Gasteiger partial charge < -0.3 is 10.1 Å². The Morgan fingerprint density at radius 1 is 1.29 bits per heavy atom. The highest BCUT2D eigenvalue weighted by atomic mass is 32.2. The minimum Gasteiger partial charge on any atom is -0.377 e. The molecule has 1 heterocycles. The molecule has 1 fully saturated rings. The van der Waals surface area contributed by atoms with E-state index < -0.39 is 0 Å². The third-order valence-electron chi connectivity index (χ3n) is 2.93. The summed E-state index contributed by atoms with van der Waals surface area (Å²) < 4.78 is 5.56. The van der Waals surface area contributed by atoms with Crippen molar-refractivity contribution in [1.29, 1.82) is 0 Å². The van der Waals surface area contributed by atoms with Gasteiger partial charge in [-0.25, -0.2) is 0 Å². The monoisotopic (exact) mass is 251 g/mol. The zero-order chi connectivity index (χ0) is 11.8. The number of nitrogens with one attached hydrogen (secondary N) is 1. The molecule has 17 heavy (non-hydrogen) atoms. The summed E-state index contributed by atoms with van der Waals surface area (Å²) in [5.74, 6) is 2.28. The van der Waals surface area contributed by atoms with E-state index in [-0.39, 0.29) is 0 Å². The number of thioether (sulfide) groups is 1. The lowest BCUT2D eigenvalue weighted by atomic mass is 10.2. The fourth-order valence-electron chi connectivity index (χ4n) is 1.98. The molecule has 0 bridgehead atoms. The maximum atomic E-state index is 5.56. The molecule has 0 saturated carbocycles. The summed E-state index contributed by atoms with van der Waals surface area (Å²) in [4.78, 5) is 0. The highest BCUT2D eigenvalue weighted by Gasteiger charge is 2.13. The van der Waals surface area contributed by atoms with Crippen LogP contribution < -0.4 is 5.32 Å². The van der Waals surface area contributed by atoms with Crippen molar-refractivity contribution < 1.29 is 4.74 Å². The first kappa shape index (κ1) is 12.9. The lowest BCUT2D eigenvalue weighted by Crippen LogP contribution is -2.27. The van der Waals surface area contributed by atoms with Gasteiger partial charge in [0.2, 0.25) is 0 Å². The van der Waals surface area contributed by atoms with Crippen LogP contribution in [0, 0.1) is 0 Å². The summed E-state index contributed by atoms with van der Waals surface area (Å²) in [6.45, 7) is 3.05. The molecule has 1 atom stereocenters. The molecule has 1 N–H and O–H groups in total. The van der Waals surface area contributed by atoms with Gasteiger partial charge in [-0.1, -0.05) is 30.3 Å². The molecule has 1 aliphatic heterocycles. The summed E-state index contributed by atoms with van der Waals surface area (Å²) in [5, 5.41) is 3.47. The molecule has 94 valence electrons. The molecule has 1 aromatic carbocycles. The van der Waals surface area contributed by atoms with Crippen LogP contribution in [0.2, 0.25) is 0 Å². The van der Waals surface area contributed by atoms with Crippen molar-refractivity contribution in [2.24, 2.45) is 0 Å². The van der Waals surface area contributed by atoms with Crippen LogP contribution in [0.1, 0.15) is 18.4 Å². The van der Waals surface area contributed by atoms with Crippen molar-refractivity contribution in [2.45, 2.75) is 24.7 Å². The number of ether oxygens (including phenoxy) is 1. The van der Waals surface area contributed by atoms with E-state index in [1.807, 2.05) is 11.8 Å². The third-order valence-corrected chi connectivity index (χ3v) is 3.96. The molecule has 1 aromatic rings. The van der Waals surface area contributed by atoms with E-state index in [2.05, 4.69) is 35.6 Å². The Morgan fingerprint density at radius 2 is 2.18 bits per heavy atom. The molecular weight excluding hydrogens is 230 g/mol. The second-order valence-electron chi connectivity index (χ2n) is 4.38. The van der Waals surface area contributed by atoms with Crippen molar-refractivity contribution >= 4 is 11.8 Å². The average Bonchev–Trinajstić information content (AvgIpc) is 2.88. The van der Waals surface area contributed by atoms with Crippen LogP contribution in [0.15, 0.2) is 30.3 Å². The molecule has 1 unspecified atom stereocenters. The largest absolute Gasteiger partial charge is 0.377 e. The molecule has 3 heteroatoms. The van der Waals surface area contributed by atoms with Crippen LogP contribution >= 0.6 is 11.8 Å². The van der Waals surface area contributed by atoms with Crippen LogP contribution in [0.25, 0.3) is 0 Å². The fourth-order valence-corrected chi connectivity index (χ4v) is 2.84. The Hall–Kier alpha value is -0.510. The van der Waals surface area contributed by atoms with E-state index in [0.29, 0.717) is 6.10 Å². The molecule has 1 saturated heterocycles. The maximum absolute atomic E-state index is 5.56. The first-order valence-corrected chi connectivity index (χ1v) is 7.54. The van der Waals surface area contributed by atoms with Gasteiger partial charge in [0.1, 0.15) is 0 Å². The minimum atomic E-state index is 0.467. The van der Waals surface area contributed by atoms with E-state index >= 15 is 0 Å². The normalized spacial score (nSPS) is 19.6. The van der Waals surface area contributed by atoms with Crippen molar-refractivity contribution in [3.8, 4) is 0 Å². The summed E-state index contributed by atoms with van der Waals surface area (Å²) in [7, 11) is 0. The second-order valence-corrected chi connectivity index (χ2v) is 5.48. The van der Waals surface area contributed by atoms with Gasteiger partial charge in [-0.05, 0) is 18.4 Å². The lowest BCUT2D eigenvalue weighted by molar-refractivity contribution is 0.110. The predicted octanol–water partition coefficient (Wildman–Crippen LogP) is 2.69. The zero-order valence-corrected chi connectivity index (χ0v) is 11.0. The Bertz CT molecular complexity index is 298. The molecule has 2 rings (SSSR count). The Balaban J connectivity index is 1.46. The van der Waals surface area contributed by atoms with Crippen LogP contribution in [0.5, 0.6) is 0 Å². The summed E-state index contributed by atoms with van der Waals surface area (Å²) in [6.07, 6.45) is 2.92. The van der Waals surface area contributed by atoms with Crippen molar-refractivity contribution in [3.05, 3.63) is 35.9 Å². The van der Waals surface area contributed by atoms with Crippen LogP contribution in [0.3, 0.4) is 0 Å². The number of hydrogen-bond donors (Lipinski definition) is 1. The van der Waals surface area contributed by atoms with Gasteiger partial charge in [0.15, 0.2) is 0 Å². The van der Waals surface area contributed by atoms with Crippen molar-refractivity contribution in [3.63, 3.8) is 0 Å². The zero-order valence-electron chi connectivity index (χ0n) is 10.2. The second kappa shape index (κ2) is 7.75. The SMILES string of the molecule is c1ccc(CSCCNCC2CCCO2)cc1. The molecule has 0 aliphatic carbocycles. The van der Waals surface area contributed by atoms with E-state index in [1.54, 1.807) is 0 Å². The first-order chi connectivity index (χ1) is 8.45. The average molecular weight is 251 g/mol. The number of benzene rings is 1. The topological polar surface area (TPSA) is 21.3 Å². The molecule has 2 nitrogen and oxygen atoms in total. The highest BCUT2D eigenvalue weighted by molar-refractivity contribution is 7.98. The van der Waals surface area contributed by atoms with E-state index in [1.165, 1.54) is 24.2 Å². The Labute approximate surface area is 108 Å². The Morgan fingerprint density at radius 3 is 2.94 bits per heavy atom. The summed E-state index contributed by atoms with van der Waals surface area (Å²) in [6, 6.07) is 10.6. The standard InChI is InChI=1S/C14H21NOS/c1-2-5-13(6-3-1)12-17-10-8-15-11-14-7-4-9-16-14/h1-3,5-6,14-15H,4,7-12H2. The van der Waals surface area contributed by atoms with Crippen molar-refractivity contribution in [2.75, 3.05) is 25.4 Å². The smallest absolute Gasteiger partial charge is 0.0700 e. The molecule has 1 aliphatic rings. The third kappa shape index (κ3) is 5.11. The fraction of sp³-hybridized carbons (Fsp3) is 0.571. The number of hydrogen-bond acceptors (Lipinski definition) is 3. The van der Waals surface area contributed by atoms with Gasteiger partial charge in [-0.15, -0.1) is 0 Å². The van der Waals surface area contributed by atoms with Gasteiger partial charge >= 0.3 is 0 Å². The quantitative estimate of drug-likeness (QED) is 0.753. The highest BCUT2D eigenvalue weighted by Crippen LogP contribution is 2.12.